The second-order valence-corrected chi connectivity index (χ2v) is 6.69. The smallest absolute Gasteiger partial charge is 0.191 e. The Balaban J connectivity index is 1.70. The summed E-state index contributed by atoms with van der Waals surface area (Å²) in [6.45, 7) is 9.45. The van der Waals surface area contributed by atoms with Gasteiger partial charge in [-0.15, -0.1) is 10.2 Å². The van der Waals surface area contributed by atoms with Gasteiger partial charge in [0.15, 0.2) is 5.96 Å². The number of unbranched alkanes of at least 4 members (excludes halogenated alkanes) is 1. The summed E-state index contributed by atoms with van der Waals surface area (Å²) in [5.74, 6) is 3.21. The lowest BCUT2D eigenvalue weighted by molar-refractivity contribution is 0.143. The quantitative estimate of drug-likeness (QED) is 0.358. The van der Waals surface area contributed by atoms with Crippen molar-refractivity contribution in [1.29, 1.82) is 0 Å². The van der Waals surface area contributed by atoms with Crippen LogP contribution in [0, 0.1) is 0 Å². The Hall–Kier alpha value is -1.63. The van der Waals surface area contributed by atoms with Crippen LogP contribution in [0.1, 0.15) is 64.0 Å². The fourth-order valence-electron chi connectivity index (χ4n) is 3.18. The summed E-state index contributed by atoms with van der Waals surface area (Å²) in [7, 11) is 0. The van der Waals surface area contributed by atoms with Crippen molar-refractivity contribution in [2.75, 3.05) is 32.8 Å². The SMILES string of the molecule is CCNC(=NCCCc1nnc2n1CCCCC2)NCCCCOCC. The second-order valence-electron chi connectivity index (χ2n) is 6.69. The fraction of sp³-hybridized carbons (Fsp3) is 0.842. The van der Waals surface area contributed by atoms with E-state index >= 15 is 0 Å². The molecule has 0 saturated heterocycles. The summed E-state index contributed by atoms with van der Waals surface area (Å²) < 4.78 is 7.70. The normalized spacial score (nSPS) is 14.8. The van der Waals surface area contributed by atoms with E-state index in [4.69, 9.17) is 4.74 Å². The molecule has 0 spiro atoms. The molecule has 0 unspecified atom stereocenters. The third-order valence-corrected chi connectivity index (χ3v) is 4.57. The molecular formula is C19H36N6O. The summed E-state index contributed by atoms with van der Waals surface area (Å²) in [5, 5.41) is 15.5. The van der Waals surface area contributed by atoms with Crippen LogP contribution in [0.3, 0.4) is 0 Å². The molecule has 1 aromatic heterocycles. The Kier molecular flexibility index (Phi) is 10.1. The van der Waals surface area contributed by atoms with Crippen molar-refractivity contribution >= 4 is 5.96 Å². The van der Waals surface area contributed by atoms with Crippen molar-refractivity contribution in [2.24, 2.45) is 4.99 Å². The lowest BCUT2D eigenvalue weighted by Gasteiger charge is -2.11. The van der Waals surface area contributed by atoms with Crippen molar-refractivity contribution in [2.45, 2.75) is 71.8 Å². The number of aromatic nitrogens is 3. The maximum Gasteiger partial charge on any atom is 0.191 e. The second kappa shape index (κ2) is 12.7. The minimum atomic E-state index is 0.798. The maximum atomic E-state index is 5.36. The minimum absolute atomic E-state index is 0.798. The van der Waals surface area contributed by atoms with Gasteiger partial charge in [-0.2, -0.15) is 0 Å². The topological polar surface area (TPSA) is 76.4 Å². The van der Waals surface area contributed by atoms with E-state index in [1.807, 2.05) is 6.92 Å². The standard InChI is InChI=1S/C19H36N6O/c1-3-20-19(21-13-7-9-16-26-4-2)22-14-10-12-18-24-23-17-11-6-5-8-15-25(17)18/h3-16H2,1-2H3,(H2,20,21,22). The lowest BCUT2D eigenvalue weighted by Crippen LogP contribution is -2.38. The molecule has 0 atom stereocenters. The largest absolute Gasteiger partial charge is 0.382 e. The molecule has 148 valence electrons. The highest BCUT2D eigenvalue weighted by atomic mass is 16.5. The molecule has 2 rings (SSSR count). The zero-order valence-corrected chi connectivity index (χ0v) is 16.6. The van der Waals surface area contributed by atoms with Gasteiger partial charge in [-0.05, 0) is 46.0 Å². The van der Waals surface area contributed by atoms with E-state index in [1.54, 1.807) is 0 Å². The van der Waals surface area contributed by atoms with Crippen molar-refractivity contribution < 1.29 is 4.74 Å². The van der Waals surface area contributed by atoms with Crippen LogP contribution in [-0.4, -0.2) is 53.6 Å². The number of ether oxygens (including phenoxy) is 1. The molecule has 0 amide bonds. The zero-order chi connectivity index (χ0) is 18.5. The van der Waals surface area contributed by atoms with Crippen LogP contribution in [0.5, 0.6) is 0 Å². The molecule has 7 nitrogen and oxygen atoms in total. The third-order valence-electron chi connectivity index (χ3n) is 4.57. The molecule has 0 bridgehead atoms. The van der Waals surface area contributed by atoms with E-state index in [-0.39, 0.29) is 0 Å². The van der Waals surface area contributed by atoms with Gasteiger partial charge in [0.2, 0.25) is 0 Å². The molecule has 26 heavy (non-hydrogen) atoms. The Morgan fingerprint density at radius 3 is 2.88 bits per heavy atom. The molecule has 0 saturated carbocycles. The number of nitrogens with one attached hydrogen (secondary N) is 2. The highest BCUT2D eigenvalue weighted by molar-refractivity contribution is 5.79. The highest BCUT2D eigenvalue weighted by Gasteiger charge is 2.13. The summed E-state index contributed by atoms with van der Waals surface area (Å²) in [4.78, 5) is 4.68. The molecule has 2 heterocycles. The van der Waals surface area contributed by atoms with Gasteiger partial charge >= 0.3 is 0 Å². The minimum Gasteiger partial charge on any atom is -0.382 e. The predicted molar refractivity (Wildman–Crippen MR) is 106 cm³/mol. The first-order valence-electron chi connectivity index (χ1n) is 10.4. The average molecular weight is 365 g/mol. The van der Waals surface area contributed by atoms with Crippen molar-refractivity contribution in [3.8, 4) is 0 Å². The Morgan fingerprint density at radius 2 is 2.04 bits per heavy atom. The summed E-state index contributed by atoms with van der Waals surface area (Å²) in [5.41, 5.74) is 0. The number of rotatable bonds is 11. The van der Waals surface area contributed by atoms with E-state index in [0.29, 0.717) is 0 Å². The zero-order valence-electron chi connectivity index (χ0n) is 16.6. The molecule has 1 aliphatic heterocycles. The van der Waals surface area contributed by atoms with Crippen LogP contribution in [0.25, 0.3) is 0 Å². The summed E-state index contributed by atoms with van der Waals surface area (Å²) in [6.07, 6.45) is 8.98. The Labute approximate surface area is 158 Å². The molecule has 0 radical (unpaired) electrons. The van der Waals surface area contributed by atoms with Crippen LogP contribution in [0.15, 0.2) is 4.99 Å². The van der Waals surface area contributed by atoms with Crippen LogP contribution in [-0.2, 0) is 24.1 Å². The fourth-order valence-corrected chi connectivity index (χ4v) is 3.18. The van der Waals surface area contributed by atoms with Crippen LogP contribution < -0.4 is 10.6 Å². The first kappa shape index (κ1) is 20.7. The van der Waals surface area contributed by atoms with Gasteiger partial charge in [-0.3, -0.25) is 4.99 Å². The monoisotopic (exact) mass is 364 g/mol. The molecule has 0 fully saturated rings. The number of hydrogen-bond donors (Lipinski definition) is 2. The predicted octanol–water partition coefficient (Wildman–Crippen LogP) is 2.31. The van der Waals surface area contributed by atoms with Gasteiger partial charge in [-0.1, -0.05) is 6.42 Å². The van der Waals surface area contributed by atoms with Crippen molar-refractivity contribution in [3.63, 3.8) is 0 Å². The average Bonchev–Trinajstić information content (AvgIpc) is 2.87. The number of hydrogen-bond acceptors (Lipinski definition) is 4. The van der Waals surface area contributed by atoms with Crippen LogP contribution in [0.4, 0.5) is 0 Å². The van der Waals surface area contributed by atoms with Crippen LogP contribution in [0.2, 0.25) is 0 Å². The number of guanidine groups is 1. The molecule has 1 aromatic rings. The molecular weight excluding hydrogens is 328 g/mol. The van der Waals surface area contributed by atoms with Crippen molar-refractivity contribution in [3.05, 3.63) is 11.6 Å². The number of aryl methyl sites for hydroxylation is 2. The molecule has 0 aliphatic carbocycles. The first-order chi connectivity index (χ1) is 12.8. The lowest BCUT2D eigenvalue weighted by atomic mass is 10.2. The molecule has 2 N–H and O–H groups in total. The number of fused-ring (bicyclic) bond motifs is 1. The van der Waals surface area contributed by atoms with Crippen LogP contribution >= 0.6 is 0 Å². The first-order valence-corrected chi connectivity index (χ1v) is 10.4. The van der Waals surface area contributed by atoms with Gasteiger partial charge in [-0.25, -0.2) is 0 Å². The van der Waals surface area contributed by atoms with E-state index in [1.165, 1.54) is 25.1 Å². The van der Waals surface area contributed by atoms with E-state index in [0.717, 1.165) is 83.3 Å². The van der Waals surface area contributed by atoms with Gasteiger partial charge in [0.1, 0.15) is 11.6 Å². The van der Waals surface area contributed by atoms with E-state index < -0.39 is 0 Å². The van der Waals surface area contributed by atoms with Gasteiger partial charge in [0.05, 0.1) is 0 Å². The van der Waals surface area contributed by atoms with E-state index in [9.17, 15) is 0 Å². The highest BCUT2D eigenvalue weighted by Crippen LogP contribution is 2.15. The van der Waals surface area contributed by atoms with Gasteiger partial charge in [0.25, 0.3) is 0 Å². The third kappa shape index (κ3) is 7.32. The van der Waals surface area contributed by atoms with Gasteiger partial charge < -0.3 is 19.9 Å². The van der Waals surface area contributed by atoms with E-state index in [2.05, 4.69) is 37.3 Å². The summed E-state index contributed by atoms with van der Waals surface area (Å²) >= 11 is 0. The molecule has 7 heteroatoms. The van der Waals surface area contributed by atoms with Gasteiger partial charge in [0, 0.05) is 52.2 Å². The maximum absolute atomic E-state index is 5.36. The molecule has 0 aromatic carbocycles. The molecule has 1 aliphatic rings. The number of aliphatic imine (C=N–C) groups is 1. The summed E-state index contributed by atoms with van der Waals surface area (Å²) in [6, 6.07) is 0. The number of nitrogens with zero attached hydrogens (tertiary/aromatic N) is 4. The Bertz CT molecular complexity index is 528. The van der Waals surface area contributed by atoms with Crippen molar-refractivity contribution in [1.82, 2.24) is 25.4 Å². The Morgan fingerprint density at radius 1 is 1.12 bits per heavy atom.